The molecule has 3 amide bonds. The van der Waals surface area contributed by atoms with Crippen molar-refractivity contribution in [2.45, 2.75) is 56.5 Å². The number of urea groups is 1. The van der Waals surface area contributed by atoms with E-state index in [1.54, 1.807) is 43.9 Å². The smallest absolute Gasteiger partial charge is 0.321 e. The largest absolute Gasteiger partial charge is 0.453 e. The lowest BCUT2D eigenvalue weighted by atomic mass is 10.1. The van der Waals surface area contributed by atoms with Gasteiger partial charge in [0.25, 0.3) is 5.91 Å². The lowest BCUT2D eigenvalue weighted by molar-refractivity contribution is -0.154. The Morgan fingerprint density at radius 1 is 1.25 bits per heavy atom. The Hall–Kier alpha value is -2.13. The van der Waals surface area contributed by atoms with Gasteiger partial charge in [0.15, 0.2) is 10.4 Å². The summed E-state index contributed by atoms with van der Waals surface area (Å²) >= 11 is 3.22. The number of rotatable bonds is 7. The second-order valence-corrected chi connectivity index (χ2v) is 9.60. The number of thiazole rings is 1. The summed E-state index contributed by atoms with van der Waals surface area (Å²) in [7, 11) is 0. The fourth-order valence-corrected chi connectivity index (χ4v) is 4.26. The summed E-state index contributed by atoms with van der Waals surface area (Å²) in [5.74, 6) is -0.397. The summed E-state index contributed by atoms with van der Waals surface area (Å²) in [6, 6.07) is 7.32. The number of esters is 1. The number of amides is 3. The zero-order valence-electron chi connectivity index (χ0n) is 16.4. The van der Waals surface area contributed by atoms with Crippen LogP contribution in [-0.2, 0) is 14.3 Å². The molecule has 0 spiro atoms. The van der Waals surface area contributed by atoms with Crippen molar-refractivity contribution in [1.29, 1.82) is 0 Å². The number of thioether (sulfide) groups is 1. The highest BCUT2D eigenvalue weighted by Gasteiger charge is 2.22. The maximum absolute atomic E-state index is 11.9. The number of nitrogens with one attached hydrogen (secondary N) is 2. The summed E-state index contributed by atoms with van der Waals surface area (Å²) in [6.45, 7) is 6.83. The van der Waals surface area contributed by atoms with Crippen molar-refractivity contribution in [2.24, 2.45) is 0 Å². The van der Waals surface area contributed by atoms with Gasteiger partial charge in [-0.05, 0) is 46.2 Å². The van der Waals surface area contributed by atoms with Crippen LogP contribution in [0, 0.1) is 0 Å². The number of fused-ring (bicyclic) bond motifs is 1. The summed E-state index contributed by atoms with van der Waals surface area (Å²) in [6.07, 6.45) is -0.225. The highest BCUT2D eigenvalue weighted by molar-refractivity contribution is 8.01. The van der Waals surface area contributed by atoms with Crippen molar-refractivity contribution >= 4 is 51.2 Å². The van der Waals surface area contributed by atoms with Crippen molar-refractivity contribution in [3.8, 4) is 0 Å². The third-order valence-electron chi connectivity index (χ3n) is 3.43. The minimum Gasteiger partial charge on any atom is -0.453 e. The van der Waals surface area contributed by atoms with Gasteiger partial charge < -0.3 is 10.1 Å². The van der Waals surface area contributed by atoms with Crippen LogP contribution >= 0.6 is 23.1 Å². The highest BCUT2D eigenvalue weighted by atomic mass is 32.2. The van der Waals surface area contributed by atoms with Crippen molar-refractivity contribution < 1.29 is 19.1 Å². The maximum Gasteiger partial charge on any atom is 0.321 e. The third-order valence-corrected chi connectivity index (χ3v) is 5.69. The molecule has 0 radical (unpaired) electrons. The zero-order valence-corrected chi connectivity index (χ0v) is 18.0. The fourth-order valence-electron chi connectivity index (χ4n) is 2.18. The Morgan fingerprint density at radius 2 is 1.96 bits per heavy atom. The molecule has 2 aromatic rings. The van der Waals surface area contributed by atoms with E-state index < -0.39 is 29.6 Å². The monoisotopic (exact) mass is 423 g/mol. The topological polar surface area (TPSA) is 97.4 Å². The van der Waals surface area contributed by atoms with Crippen LogP contribution in [0.5, 0.6) is 0 Å². The molecule has 0 saturated heterocycles. The number of hydrogen-bond donors (Lipinski definition) is 2. The molecule has 28 heavy (non-hydrogen) atoms. The molecule has 0 unspecified atom stereocenters. The van der Waals surface area contributed by atoms with Crippen LogP contribution in [0.3, 0.4) is 0 Å². The summed E-state index contributed by atoms with van der Waals surface area (Å²) in [5, 5.41) is 4.77. The number of nitrogens with zero attached hydrogens (tertiary/aromatic N) is 1. The Morgan fingerprint density at radius 3 is 2.64 bits per heavy atom. The van der Waals surface area contributed by atoms with Crippen LogP contribution in [0.1, 0.15) is 40.5 Å². The SMILES string of the molecule is C[C@@H](OC(=O)CCCSc1nc2ccccc2s1)C(=O)NC(=O)NC(C)(C)C. The molecule has 0 aliphatic rings. The van der Waals surface area contributed by atoms with Gasteiger partial charge in [0, 0.05) is 17.7 Å². The van der Waals surface area contributed by atoms with Gasteiger partial charge in [0.2, 0.25) is 0 Å². The standard InChI is InChI=1S/C19H25N3O4S2/c1-12(16(24)21-17(25)22-19(2,3)4)26-15(23)10-7-11-27-18-20-13-8-5-6-9-14(13)28-18/h5-6,8-9,12H,7,10-11H2,1-4H3,(H2,21,22,24,25)/t12-/m1/s1. The molecule has 0 bridgehead atoms. The third kappa shape index (κ3) is 7.47. The molecule has 1 aromatic carbocycles. The van der Waals surface area contributed by atoms with E-state index in [1.807, 2.05) is 24.3 Å². The van der Waals surface area contributed by atoms with Crippen molar-refractivity contribution in [3.63, 3.8) is 0 Å². The van der Waals surface area contributed by atoms with Crippen LogP contribution < -0.4 is 10.6 Å². The summed E-state index contributed by atoms with van der Waals surface area (Å²) in [4.78, 5) is 40.0. The first kappa shape index (κ1) is 22.2. The van der Waals surface area contributed by atoms with E-state index in [2.05, 4.69) is 15.6 Å². The first-order valence-corrected chi connectivity index (χ1v) is 10.7. The van der Waals surface area contributed by atoms with Crippen molar-refractivity contribution in [1.82, 2.24) is 15.6 Å². The van der Waals surface area contributed by atoms with Gasteiger partial charge in [-0.15, -0.1) is 11.3 Å². The molecular weight excluding hydrogens is 398 g/mol. The van der Waals surface area contributed by atoms with Crippen LogP contribution in [0.25, 0.3) is 10.2 Å². The zero-order chi connectivity index (χ0) is 20.7. The number of carbonyl (C=O) groups is 3. The van der Waals surface area contributed by atoms with Gasteiger partial charge in [0.05, 0.1) is 10.2 Å². The minimum absolute atomic E-state index is 0.198. The molecule has 2 rings (SSSR count). The average molecular weight is 424 g/mol. The van der Waals surface area contributed by atoms with Gasteiger partial charge in [0.1, 0.15) is 0 Å². The maximum atomic E-state index is 11.9. The Balaban J connectivity index is 1.67. The number of hydrogen-bond acceptors (Lipinski definition) is 7. The predicted octanol–water partition coefficient (Wildman–Crippen LogP) is 3.72. The van der Waals surface area contributed by atoms with E-state index in [-0.39, 0.29) is 6.42 Å². The second-order valence-electron chi connectivity index (χ2n) is 7.22. The molecule has 0 aliphatic carbocycles. The minimum atomic E-state index is -1.03. The Bertz CT molecular complexity index is 812. The number of imide groups is 1. The number of benzene rings is 1. The molecule has 7 nitrogen and oxygen atoms in total. The van der Waals surface area contributed by atoms with Crippen LogP contribution in [0.2, 0.25) is 0 Å². The quantitative estimate of drug-likeness (QED) is 0.400. The molecule has 9 heteroatoms. The normalized spacial score (nSPS) is 12.4. The van der Waals surface area contributed by atoms with E-state index >= 15 is 0 Å². The molecule has 2 N–H and O–H groups in total. The van der Waals surface area contributed by atoms with Gasteiger partial charge >= 0.3 is 12.0 Å². The van der Waals surface area contributed by atoms with E-state index in [0.29, 0.717) is 6.42 Å². The van der Waals surface area contributed by atoms with Crippen LogP contribution in [0.15, 0.2) is 28.6 Å². The highest BCUT2D eigenvalue weighted by Crippen LogP contribution is 2.29. The molecule has 0 fully saturated rings. The molecule has 1 heterocycles. The number of ether oxygens (including phenoxy) is 1. The molecular formula is C19H25N3O4S2. The van der Waals surface area contributed by atoms with Gasteiger partial charge in [-0.25, -0.2) is 9.78 Å². The van der Waals surface area contributed by atoms with Crippen molar-refractivity contribution in [2.75, 3.05) is 5.75 Å². The predicted molar refractivity (Wildman–Crippen MR) is 112 cm³/mol. The van der Waals surface area contributed by atoms with E-state index in [9.17, 15) is 14.4 Å². The van der Waals surface area contributed by atoms with Gasteiger partial charge in [-0.3, -0.25) is 14.9 Å². The Labute approximate surface area is 172 Å². The number of para-hydroxylation sites is 1. The van der Waals surface area contributed by atoms with E-state index in [0.717, 1.165) is 20.3 Å². The van der Waals surface area contributed by atoms with E-state index in [1.165, 1.54) is 6.92 Å². The van der Waals surface area contributed by atoms with Crippen molar-refractivity contribution in [3.05, 3.63) is 24.3 Å². The number of aromatic nitrogens is 1. The first-order valence-electron chi connectivity index (χ1n) is 8.95. The second kappa shape index (κ2) is 9.88. The lowest BCUT2D eigenvalue weighted by Crippen LogP contribution is -2.50. The molecule has 152 valence electrons. The van der Waals surface area contributed by atoms with Crippen LogP contribution in [0.4, 0.5) is 4.79 Å². The summed E-state index contributed by atoms with van der Waals surface area (Å²) < 4.78 is 7.19. The number of carbonyl (C=O) groups excluding carboxylic acids is 3. The average Bonchev–Trinajstić information content (AvgIpc) is 2.99. The van der Waals surface area contributed by atoms with Crippen LogP contribution in [-0.4, -0.2) is 40.3 Å². The molecule has 0 aliphatic heterocycles. The van der Waals surface area contributed by atoms with Gasteiger partial charge in [-0.2, -0.15) is 0 Å². The van der Waals surface area contributed by atoms with Gasteiger partial charge in [-0.1, -0.05) is 23.9 Å². The lowest BCUT2D eigenvalue weighted by Gasteiger charge is -2.21. The summed E-state index contributed by atoms with van der Waals surface area (Å²) in [5.41, 5.74) is 0.510. The molecule has 1 atom stereocenters. The first-order chi connectivity index (χ1) is 13.1. The Kier molecular flexibility index (Phi) is 7.82. The molecule has 0 saturated carbocycles. The van der Waals surface area contributed by atoms with E-state index in [4.69, 9.17) is 4.74 Å². The molecule has 1 aromatic heterocycles. The fraction of sp³-hybridized carbons (Fsp3) is 0.474.